The maximum Gasteiger partial charge on any atom is 0.359 e. The number of anilines is 1. The van der Waals surface area contributed by atoms with Crippen LogP contribution in [0.25, 0.3) is 16.5 Å². The lowest BCUT2D eigenvalue weighted by molar-refractivity contribution is -0.118. The Morgan fingerprint density at radius 1 is 0.868 bits per heavy atom. The molecule has 2 heterocycles. The molecule has 0 unspecified atom stereocenters. The summed E-state index contributed by atoms with van der Waals surface area (Å²) in [6.45, 7) is 6.34. The van der Waals surface area contributed by atoms with Crippen LogP contribution in [0, 0.1) is 0 Å². The summed E-state index contributed by atoms with van der Waals surface area (Å²) in [6.07, 6.45) is 0. The minimum Gasteiger partial charge on any atom is -0.494 e. The lowest BCUT2D eigenvalue weighted by Crippen LogP contribution is -2.26. The Bertz CT molecular complexity index is 1480. The molecule has 2 aromatic carbocycles. The third-order valence-electron chi connectivity index (χ3n) is 5.27. The zero-order chi connectivity index (χ0) is 27.1. The predicted molar refractivity (Wildman–Crippen MR) is 144 cm³/mol. The average molecular weight is 538 g/mol. The summed E-state index contributed by atoms with van der Waals surface area (Å²) in [5.41, 5.74) is -0.105. The van der Waals surface area contributed by atoms with Gasteiger partial charge in [0.25, 0.3) is 11.5 Å². The van der Waals surface area contributed by atoms with E-state index in [2.05, 4.69) is 10.4 Å². The number of hydrogen-bond acceptors (Lipinski definition) is 9. The molecule has 0 bridgehead atoms. The number of benzene rings is 2. The molecular formula is C27H27N3O7S. The summed E-state index contributed by atoms with van der Waals surface area (Å²) in [7, 11) is 0. The van der Waals surface area contributed by atoms with Crippen LogP contribution in [0.15, 0.2) is 58.7 Å². The van der Waals surface area contributed by atoms with E-state index < -0.39 is 17.4 Å². The lowest BCUT2D eigenvalue weighted by atomic mass is 10.2. The number of carbonyl (C=O) groups excluding carboxylic acids is 2. The Kier molecular flexibility index (Phi) is 8.59. The number of carbonyl (C=O) groups is 2. The van der Waals surface area contributed by atoms with Crippen molar-refractivity contribution in [3.8, 4) is 22.9 Å². The Morgan fingerprint density at radius 2 is 1.45 bits per heavy atom. The number of rotatable bonds is 11. The van der Waals surface area contributed by atoms with Gasteiger partial charge in [-0.05, 0) is 69.3 Å². The second-order valence-corrected chi connectivity index (χ2v) is 8.69. The zero-order valence-corrected chi connectivity index (χ0v) is 22.0. The van der Waals surface area contributed by atoms with Gasteiger partial charge in [0.15, 0.2) is 12.3 Å². The second kappa shape index (κ2) is 12.2. The van der Waals surface area contributed by atoms with E-state index in [1.165, 1.54) is 0 Å². The molecule has 11 heteroatoms. The fourth-order valence-electron chi connectivity index (χ4n) is 3.63. The first-order valence-electron chi connectivity index (χ1n) is 12.1. The predicted octanol–water partition coefficient (Wildman–Crippen LogP) is 4.44. The van der Waals surface area contributed by atoms with Crippen molar-refractivity contribution >= 4 is 39.0 Å². The minimum absolute atomic E-state index is 0.0299. The fraction of sp³-hybridized carbons (Fsp3) is 0.259. The highest BCUT2D eigenvalue weighted by Gasteiger charge is 2.23. The minimum atomic E-state index is -0.674. The highest BCUT2D eigenvalue weighted by Crippen LogP contribution is 2.31. The van der Waals surface area contributed by atoms with Gasteiger partial charge in [0, 0.05) is 10.8 Å². The van der Waals surface area contributed by atoms with Crippen molar-refractivity contribution in [1.82, 2.24) is 9.78 Å². The van der Waals surface area contributed by atoms with Crippen LogP contribution in [-0.4, -0.2) is 48.1 Å². The molecule has 1 amide bonds. The smallest absolute Gasteiger partial charge is 0.359 e. The van der Waals surface area contributed by atoms with Crippen LogP contribution in [0.5, 0.6) is 17.2 Å². The third-order valence-corrected chi connectivity index (χ3v) is 6.17. The molecule has 0 radical (unpaired) electrons. The third kappa shape index (κ3) is 5.94. The first-order valence-corrected chi connectivity index (χ1v) is 12.9. The summed E-state index contributed by atoms with van der Waals surface area (Å²) in [4.78, 5) is 38.9. The maximum absolute atomic E-state index is 13.5. The van der Waals surface area contributed by atoms with Crippen molar-refractivity contribution in [2.45, 2.75) is 20.8 Å². The highest BCUT2D eigenvalue weighted by molar-refractivity contribution is 7.16. The average Bonchev–Trinajstić information content (AvgIpc) is 3.33. The van der Waals surface area contributed by atoms with E-state index in [0.717, 1.165) is 16.0 Å². The molecule has 10 nitrogen and oxygen atoms in total. The van der Waals surface area contributed by atoms with Crippen molar-refractivity contribution < 1.29 is 28.5 Å². The molecule has 0 aliphatic heterocycles. The number of thiophene rings is 1. The van der Waals surface area contributed by atoms with Crippen molar-refractivity contribution in [3.05, 3.63) is 70.0 Å². The Labute approximate surface area is 222 Å². The zero-order valence-electron chi connectivity index (χ0n) is 21.2. The number of aromatic nitrogens is 2. The number of esters is 1. The van der Waals surface area contributed by atoms with Crippen LogP contribution in [0.3, 0.4) is 0 Å². The van der Waals surface area contributed by atoms with Gasteiger partial charge in [-0.3, -0.25) is 9.59 Å². The van der Waals surface area contributed by atoms with Crippen LogP contribution in [0.4, 0.5) is 5.00 Å². The van der Waals surface area contributed by atoms with Gasteiger partial charge in [0.1, 0.15) is 22.2 Å². The number of nitrogens with zero attached hydrogens (tertiary/aromatic N) is 2. The van der Waals surface area contributed by atoms with Crippen molar-refractivity contribution in [2.75, 3.05) is 31.7 Å². The standard InChI is InChI=1S/C27H27N3O7S/c1-4-34-18-9-7-17(8-10-18)30-26(32)23-21(24(29-30)27(33)36-6-3)16-38-25(23)28-22(31)15-37-20-13-11-19(12-14-20)35-5-2/h7-14,16H,4-6,15H2,1-3H3,(H,28,31). The van der Waals surface area contributed by atoms with Crippen molar-refractivity contribution in [2.24, 2.45) is 0 Å². The second-order valence-electron chi connectivity index (χ2n) is 7.81. The lowest BCUT2D eigenvalue weighted by Gasteiger charge is -2.11. The monoisotopic (exact) mass is 537 g/mol. The van der Waals surface area contributed by atoms with E-state index in [1.54, 1.807) is 60.8 Å². The summed E-state index contributed by atoms with van der Waals surface area (Å²) in [5, 5.41) is 9.35. The van der Waals surface area contributed by atoms with E-state index in [-0.39, 0.29) is 29.3 Å². The van der Waals surface area contributed by atoms with Crippen molar-refractivity contribution in [1.29, 1.82) is 0 Å². The molecule has 0 atom stereocenters. The van der Waals surface area contributed by atoms with Gasteiger partial charge in [0.2, 0.25) is 0 Å². The topological polar surface area (TPSA) is 118 Å². The highest BCUT2D eigenvalue weighted by atomic mass is 32.1. The first kappa shape index (κ1) is 26.7. The fourth-order valence-corrected chi connectivity index (χ4v) is 4.58. The van der Waals surface area contributed by atoms with Gasteiger partial charge in [-0.1, -0.05) is 0 Å². The quantitative estimate of drug-likeness (QED) is 0.279. The normalized spacial score (nSPS) is 10.7. The first-order chi connectivity index (χ1) is 18.4. The van der Waals surface area contributed by atoms with E-state index in [0.29, 0.717) is 41.5 Å². The van der Waals surface area contributed by atoms with E-state index in [9.17, 15) is 14.4 Å². The van der Waals surface area contributed by atoms with Crippen LogP contribution in [0.2, 0.25) is 0 Å². The molecule has 4 rings (SSSR count). The van der Waals surface area contributed by atoms with E-state index in [4.69, 9.17) is 18.9 Å². The van der Waals surface area contributed by atoms with Gasteiger partial charge >= 0.3 is 5.97 Å². The van der Waals surface area contributed by atoms with Gasteiger partial charge < -0.3 is 24.3 Å². The summed E-state index contributed by atoms with van der Waals surface area (Å²) in [6, 6.07) is 13.6. The number of fused-ring (bicyclic) bond motifs is 1. The summed E-state index contributed by atoms with van der Waals surface area (Å²) >= 11 is 1.11. The Balaban J connectivity index is 1.63. The number of ether oxygens (including phenoxy) is 4. The van der Waals surface area contributed by atoms with Crippen LogP contribution in [0.1, 0.15) is 31.3 Å². The molecule has 0 aliphatic carbocycles. The van der Waals surface area contributed by atoms with Crippen LogP contribution in [-0.2, 0) is 9.53 Å². The molecular weight excluding hydrogens is 510 g/mol. The molecule has 1 N–H and O–H groups in total. The summed E-state index contributed by atoms with van der Waals surface area (Å²) < 4.78 is 22.7. The van der Waals surface area contributed by atoms with Gasteiger partial charge in [-0.2, -0.15) is 9.78 Å². The van der Waals surface area contributed by atoms with E-state index in [1.807, 2.05) is 13.8 Å². The molecule has 0 aliphatic rings. The number of amides is 1. The van der Waals surface area contributed by atoms with Gasteiger partial charge in [-0.15, -0.1) is 11.3 Å². The molecule has 38 heavy (non-hydrogen) atoms. The molecule has 0 saturated heterocycles. The molecule has 198 valence electrons. The van der Waals surface area contributed by atoms with Gasteiger partial charge in [0.05, 0.1) is 30.9 Å². The number of hydrogen-bond donors (Lipinski definition) is 1. The Morgan fingerprint density at radius 3 is 2.03 bits per heavy atom. The molecule has 0 spiro atoms. The largest absolute Gasteiger partial charge is 0.494 e. The Hall–Kier alpha value is -4.38. The molecule has 4 aromatic rings. The maximum atomic E-state index is 13.5. The van der Waals surface area contributed by atoms with Crippen LogP contribution >= 0.6 is 11.3 Å². The van der Waals surface area contributed by atoms with E-state index >= 15 is 0 Å². The SMILES string of the molecule is CCOC(=O)c1nn(-c2ccc(OCC)cc2)c(=O)c2c(NC(=O)COc3ccc(OCC)cc3)scc12. The number of nitrogens with one attached hydrogen (secondary N) is 1. The van der Waals surface area contributed by atoms with Crippen molar-refractivity contribution in [3.63, 3.8) is 0 Å². The molecule has 0 fully saturated rings. The molecule has 2 aromatic heterocycles. The van der Waals surface area contributed by atoms with Gasteiger partial charge in [-0.25, -0.2) is 4.79 Å². The molecule has 0 saturated carbocycles. The van der Waals surface area contributed by atoms with Crippen LogP contribution < -0.4 is 25.1 Å². The summed E-state index contributed by atoms with van der Waals surface area (Å²) in [5.74, 6) is 0.679.